The third-order valence-electron chi connectivity index (χ3n) is 3.01. The Kier molecular flexibility index (Phi) is 4.91. The highest BCUT2D eigenvalue weighted by atomic mass is 79.9. The first kappa shape index (κ1) is 14.7. The lowest BCUT2D eigenvalue weighted by atomic mass is 9.87. The van der Waals surface area contributed by atoms with Crippen LogP contribution in [0.5, 0.6) is 0 Å². The number of hydrogen-bond acceptors (Lipinski definition) is 2. The monoisotopic (exact) mass is 326 g/mol. The van der Waals surface area contributed by atoms with E-state index in [0.29, 0.717) is 16.6 Å². The van der Waals surface area contributed by atoms with E-state index >= 15 is 0 Å². The van der Waals surface area contributed by atoms with Crippen molar-refractivity contribution in [1.82, 2.24) is 0 Å². The minimum atomic E-state index is -0.108. The molecule has 0 aliphatic heterocycles. The Morgan fingerprint density at radius 3 is 1.95 bits per heavy atom. The molecular formula is C16H12BBrO2. The molecule has 0 fully saturated rings. The van der Waals surface area contributed by atoms with Gasteiger partial charge < -0.3 is 0 Å². The maximum atomic E-state index is 12.1. The molecule has 0 aliphatic carbocycles. The zero-order valence-electron chi connectivity index (χ0n) is 10.8. The van der Waals surface area contributed by atoms with Gasteiger partial charge in [0.05, 0.1) is 0 Å². The summed E-state index contributed by atoms with van der Waals surface area (Å²) >= 11 is 3.33. The minimum absolute atomic E-state index is 0.0553. The summed E-state index contributed by atoms with van der Waals surface area (Å²) in [5.74, 6) is -0.163. The number of rotatable bonds is 5. The van der Waals surface area contributed by atoms with Crippen LogP contribution in [0.25, 0.3) is 0 Å². The van der Waals surface area contributed by atoms with Crippen LogP contribution in [-0.2, 0) is 0 Å². The van der Waals surface area contributed by atoms with Crippen molar-refractivity contribution in [2.45, 2.75) is 12.8 Å². The second kappa shape index (κ2) is 6.66. The van der Waals surface area contributed by atoms with Gasteiger partial charge in [0.15, 0.2) is 11.6 Å². The fraction of sp³-hybridized carbons (Fsp3) is 0.125. The smallest absolute Gasteiger partial charge is 0.164 e. The van der Waals surface area contributed by atoms with E-state index in [4.69, 9.17) is 7.85 Å². The van der Waals surface area contributed by atoms with Gasteiger partial charge in [0.1, 0.15) is 7.85 Å². The summed E-state index contributed by atoms with van der Waals surface area (Å²) < 4.78 is 0.747. The molecule has 2 nitrogen and oxygen atoms in total. The number of carbonyl (C=O) groups is 2. The highest BCUT2D eigenvalue weighted by Crippen LogP contribution is 2.18. The molecule has 2 aromatic carbocycles. The number of hydrogen-bond donors (Lipinski definition) is 0. The molecule has 0 saturated heterocycles. The van der Waals surface area contributed by atoms with Crippen molar-refractivity contribution < 1.29 is 9.59 Å². The number of benzene rings is 2. The zero-order valence-corrected chi connectivity index (χ0v) is 12.4. The lowest BCUT2D eigenvalue weighted by molar-refractivity contribution is 0.0917. The van der Waals surface area contributed by atoms with Gasteiger partial charge in [0, 0.05) is 28.4 Å². The summed E-state index contributed by atoms with van der Waals surface area (Å²) in [6, 6.07) is 14.1. The Labute approximate surface area is 127 Å². The largest absolute Gasteiger partial charge is 0.294 e. The van der Waals surface area contributed by atoms with Crippen molar-refractivity contribution >= 4 is 40.8 Å². The molecule has 4 heteroatoms. The van der Waals surface area contributed by atoms with Crippen molar-refractivity contribution in [1.29, 1.82) is 0 Å². The van der Waals surface area contributed by atoms with Crippen LogP contribution >= 0.6 is 15.9 Å². The second-order valence-electron chi connectivity index (χ2n) is 4.41. The van der Waals surface area contributed by atoms with Crippen LogP contribution in [0.15, 0.2) is 53.0 Å². The van der Waals surface area contributed by atoms with Crippen LogP contribution in [0.2, 0.25) is 0 Å². The Balaban J connectivity index is 2.03. The average Bonchev–Trinajstić information content (AvgIpc) is 2.45. The fourth-order valence-electron chi connectivity index (χ4n) is 1.93. The van der Waals surface area contributed by atoms with Crippen LogP contribution in [-0.4, -0.2) is 19.4 Å². The van der Waals surface area contributed by atoms with Gasteiger partial charge in [0.2, 0.25) is 0 Å². The van der Waals surface area contributed by atoms with Crippen molar-refractivity contribution in [2.24, 2.45) is 0 Å². The molecule has 0 saturated carbocycles. The summed E-state index contributed by atoms with van der Waals surface area (Å²) in [6.07, 6.45) is 0.337. The summed E-state index contributed by atoms with van der Waals surface area (Å²) in [5.41, 5.74) is 1.53. The van der Waals surface area contributed by atoms with Crippen molar-refractivity contribution in [2.75, 3.05) is 0 Å². The minimum Gasteiger partial charge on any atom is -0.294 e. The average molecular weight is 327 g/mol. The summed E-state index contributed by atoms with van der Waals surface area (Å²) in [6.45, 7) is 0. The van der Waals surface area contributed by atoms with Gasteiger partial charge >= 0.3 is 0 Å². The molecule has 0 heterocycles. The van der Waals surface area contributed by atoms with Gasteiger partial charge in [0.25, 0.3) is 0 Å². The fourth-order valence-corrected chi connectivity index (χ4v) is 2.44. The molecule has 2 radical (unpaired) electrons. The van der Waals surface area contributed by atoms with E-state index in [-0.39, 0.29) is 24.4 Å². The molecule has 0 atom stereocenters. The Hall–Kier alpha value is -1.68. The van der Waals surface area contributed by atoms with Crippen LogP contribution in [0.3, 0.4) is 0 Å². The normalized spacial score (nSPS) is 10.2. The van der Waals surface area contributed by atoms with Gasteiger partial charge in [-0.25, -0.2) is 0 Å². The summed E-state index contributed by atoms with van der Waals surface area (Å²) in [5, 5.41) is 0. The Bertz CT molecular complexity index is 595. The molecular weight excluding hydrogens is 315 g/mol. The van der Waals surface area contributed by atoms with Crippen LogP contribution in [0, 0.1) is 0 Å². The molecule has 0 spiro atoms. The highest BCUT2D eigenvalue weighted by Gasteiger charge is 2.13. The van der Waals surface area contributed by atoms with E-state index in [1.165, 1.54) is 0 Å². The number of halogens is 1. The van der Waals surface area contributed by atoms with Gasteiger partial charge in [-0.05, 0) is 6.07 Å². The highest BCUT2D eigenvalue weighted by molar-refractivity contribution is 9.10. The predicted molar refractivity (Wildman–Crippen MR) is 83.9 cm³/mol. The summed E-state index contributed by atoms with van der Waals surface area (Å²) in [7, 11) is 5.75. The predicted octanol–water partition coefficient (Wildman–Crippen LogP) is 3.09. The maximum absolute atomic E-state index is 12.1. The van der Waals surface area contributed by atoms with Gasteiger partial charge in [-0.3, -0.25) is 9.59 Å². The lowest BCUT2D eigenvalue weighted by Crippen LogP contribution is -2.16. The van der Waals surface area contributed by atoms with E-state index in [9.17, 15) is 9.59 Å². The Morgan fingerprint density at radius 1 is 0.850 bits per heavy atom. The van der Waals surface area contributed by atoms with E-state index in [0.717, 1.165) is 4.47 Å². The van der Waals surface area contributed by atoms with Crippen molar-refractivity contribution in [3.63, 3.8) is 0 Å². The van der Waals surface area contributed by atoms with E-state index < -0.39 is 0 Å². The molecule has 0 unspecified atom stereocenters. The Morgan fingerprint density at radius 2 is 1.35 bits per heavy atom. The van der Waals surface area contributed by atoms with Crippen molar-refractivity contribution in [3.8, 4) is 0 Å². The van der Waals surface area contributed by atoms with E-state index in [1.807, 2.05) is 12.1 Å². The molecule has 0 amide bonds. The molecule has 98 valence electrons. The van der Waals surface area contributed by atoms with Gasteiger partial charge in [-0.2, -0.15) is 0 Å². The number of ketones is 2. The quantitative estimate of drug-likeness (QED) is 0.625. The molecule has 0 bridgehead atoms. The second-order valence-corrected chi connectivity index (χ2v) is 5.27. The van der Waals surface area contributed by atoms with Crippen LogP contribution in [0.1, 0.15) is 33.6 Å². The molecule has 0 N–H and O–H groups in total. The first-order chi connectivity index (χ1) is 9.59. The summed E-state index contributed by atoms with van der Waals surface area (Å²) in [4.78, 5) is 24.1. The molecule has 2 aromatic rings. The first-order valence-corrected chi connectivity index (χ1v) is 7.04. The standard InChI is InChI=1S/C16H12BBrO2/c17-13-7-3-1-5-11(13)15(19)9-10-16(20)12-6-2-4-8-14(12)18/h1-8H,9-10H2. The van der Waals surface area contributed by atoms with Crippen LogP contribution < -0.4 is 5.46 Å². The molecule has 2 rings (SSSR count). The SMILES string of the molecule is [B]c1ccccc1C(=O)CCC(=O)c1ccccc1Br. The van der Waals surface area contributed by atoms with Gasteiger partial charge in [-0.15, -0.1) is 0 Å². The molecule has 20 heavy (non-hydrogen) atoms. The zero-order chi connectivity index (χ0) is 14.5. The maximum Gasteiger partial charge on any atom is 0.164 e. The third kappa shape index (κ3) is 3.45. The van der Waals surface area contributed by atoms with Crippen molar-refractivity contribution in [3.05, 3.63) is 64.1 Å². The van der Waals surface area contributed by atoms with Gasteiger partial charge in [-0.1, -0.05) is 63.9 Å². The molecule has 0 aliphatic rings. The molecule has 0 aromatic heterocycles. The lowest BCUT2D eigenvalue weighted by Gasteiger charge is -2.05. The van der Waals surface area contributed by atoms with E-state index in [2.05, 4.69) is 15.9 Å². The van der Waals surface area contributed by atoms with E-state index in [1.54, 1.807) is 36.4 Å². The first-order valence-electron chi connectivity index (χ1n) is 6.25. The number of carbonyl (C=O) groups excluding carboxylic acids is 2. The third-order valence-corrected chi connectivity index (χ3v) is 3.71. The topological polar surface area (TPSA) is 34.1 Å². The van der Waals surface area contributed by atoms with Crippen LogP contribution in [0.4, 0.5) is 0 Å². The number of Topliss-reactive ketones (excluding diaryl/α,β-unsaturated/α-hetero) is 2.